The first-order chi connectivity index (χ1) is 9.88. The van der Waals surface area contributed by atoms with Crippen molar-refractivity contribution in [3.05, 3.63) is 35.4 Å². The minimum absolute atomic E-state index is 0.192. The highest BCUT2D eigenvalue weighted by Gasteiger charge is 2.30. The standard InChI is InChI=1S/C19H30O2/c1-5-21-18-12-15(13-18)11-17(20)10-14-6-8-16(9-7-14)19(2,3)4/h6-9,15,17-18,20H,5,10-13H2,1-4H3. The molecule has 21 heavy (non-hydrogen) atoms. The van der Waals surface area contributed by atoms with Crippen LogP contribution in [0.1, 0.15) is 58.1 Å². The number of rotatable bonds is 6. The van der Waals surface area contributed by atoms with Gasteiger partial charge in [-0.05, 0) is 55.1 Å². The van der Waals surface area contributed by atoms with Gasteiger partial charge in [0, 0.05) is 6.61 Å². The first-order valence-electron chi connectivity index (χ1n) is 8.27. The fraction of sp³-hybridized carbons (Fsp3) is 0.684. The largest absolute Gasteiger partial charge is 0.393 e. The Balaban J connectivity index is 1.77. The number of aliphatic hydroxyl groups is 1. The summed E-state index contributed by atoms with van der Waals surface area (Å²) in [5.74, 6) is 0.644. The van der Waals surface area contributed by atoms with Crippen molar-refractivity contribution in [1.29, 1.82) is 0 Å². The van der Waals surface area contributed by atoms with E-state index in [4.69, 9.17) is 4.74 Å². The highest BCUT2D eigenvalue weighted by atomic mass is 16.5. The summed E-state index contributed by atoms with van der Waals surface area (Å²) in [6.45, 7) is 9.52. The van der Waals surface area contributed by atoms with Gasteiger partial charge in [0.05, 0.1) is 12.2 Å². The minimum atomic E-state index is -0.224. The molecule has 1 N–H and O–H groups in total. The molecule has 1 unspecified atom stereocenters. The van der Waals surface area contributed by atoms with Crippen LogP contribution in [0, 0.1) is 5.92 Å². The second-order valence-electron chi connectivity index (χ2n) is 7.46. The summed E-state index contributed by atoms with van der Waals surface area (Å²) >= 11 is 0. The molecular weight excluding hydrogens is 260 g/mol. The molecule has 118 valence electrons. The Labute approximate surface area is 129 Å². The Morgan fingerprint density at radius 3 is 2.33 bits per heavy atom. The van der Waals surface area contributed by atoms with Crippen LogP contribution in [0.2, 0.25) is 0 Å². The van der Waals surface area contributed by atoms with Crippen molar-refractivity contribution in [2.75, 3.05) is 6.61 Å². The molecule has 0 bridgehead atoms. The lowest BCUT2D eigenvalue weighted by molar-refractivity contribution is -0.0375. The van der Waals surface area contributed by atoms with Crippen LogP contribution in [0.25, 0.3) is 0 Å². The monoisotopic (exact) mass is 290 g/mol. The number of benzene rings is 1. The zero-order valence-corrected chi connectivity index (χ0v) is 13.9. The number of hydrogen-bond donors (Lipinski definition) is 1. The van der Waals surface area contributed by atoms with E-state index in [1.807, 2.05) is 6.92 Å². The van der Waals surface area contributed by atoms with Gasteiger partial charge in [-0.15, -0.1) is 0 Å². The number of hydrogen-bond acceptors (Lipinski definition) is 2. The molecule has 1 aromatic rings. The van der Waals surface area contributed by atoms with E-state index in [1.165, 1.54) is 11.1 Å². The van der Waals surface area contributed by atoms with Crippen molar-refractivity contribution in [1.82, 2.24) is 0 Å². The van der Waals surface area contributed by atoms with Crippen molar-refractivity contribution < 1.29 is 9.84 Å². The molecule has 2 heteroatoms. The van der Waals surface area contributed by atoms with E-state index in [0.717, 1.165) is 32.3 Å². The van der Waals surface area contributed by atoms with Crippen LogP contribution >= 0.6 is 0 Å². The van der Waals surface area contributed by atoms with Crippen LogP contribution in [0.15, 0.2) is 24.3 Å². The lowest BCUT2D eigenvalue weighted by Crippen LogP contribution is -2.34. The highest BCUT2D eigenvalue weighted by Crippen LogP contribution is 2.34. The molecule has 1 saturated carbocycles. The van der Waals surface area contributed by atoms with E-state index < -0.39 is 0 Å². The van der Waals surface area contributed by atoms with Gasteiger partial charge in [0.1, 0.15) is 0 Å². The van der Waals surface area contributed by atoms with Gasteiger partial charge >= 0.3 is 0 Å². The first kappa shape index (κ1) is 16.5. The van der Waals surface area contributed by atoms with Crippen molar-refractivity contribution >= 4 is 0 Å². The second kappa shape index (κ2) is 6.93. The smallest absolute Gasteiger partial charge is 0.0583 e. The summed E-state index contributed by atoms with van der Waals surface area (Å²) in [6, 6.07) is 8.70. The molecule has 0 aliphatic heterocycles. The van der Waals surface area contributed by atoms with E-state index in [1.54, 1.807) is 0 Å². The predicted molar refractivity (Wildman–Crippen MR) is 87.6 cm³/mol. The quantitative estimate of drug-likeness (QED) is 0.855. The lowest BCUT2D eigenvalue weighted by atomic mass is 9.78. The molecule has 2 nitrogen and oxygen atoms in total. The van der Waals surface area contributed by atoms with Crippen LogP contribution in [-0.2, 0) is 16.6 Å². The molecule has 0 spiro atoms. The van der Waals surface area contributed by atoms with E-state index in [2.05, 4.69) is 45.0 Å². The van der Waals surface area contributed by atoms with E-state index in [9.17, 15) is 5.11 Å². The molecule has 1 aromatic carbocycles. The van der Waals surface area contributed by atoms with Gasteiger partial charge in [0.25, 0.3) is 0 Å². The van der Waals surface area contributed by atoms with E-state index >= 15 is 0 Å². The molecule has 1 aliphatic carbocycles. The minimum Gasteiger partial charge on any atom is -0.393 e. The Morgan fingerprint density at radius 1 is 1.19 bits per heavy atom. The SMILES string of the molecule is CCOC1CC(CC(O)Cc2ccc(C(C)(C)C)cc2)C1. The number of ether oxygens (including phenoxy) is 1. The number of aliphatic hydroxyl groups excluding tert-OH is 1. The second-order valence-corrected chi connectivity index (χ2v) is 7.46. The highest BCUT2D eigenvalue weighted by molar-refractivity contribution is 5.27. The maximum absolute atomic E-state index is 10.2. The van der Waals surface area contributed by atoms with Crippen molar-refractivity contribution in [2.24, 2.45) is 5.92 Å². The van der Waals surface area contributed by atoms with Crippen molar-refractivity contribution in [2.45, 2.75) is 71.0 Å². The Hall–Kier alpha value is -0.860. The molecule has 0 radical (unpaired) electrons. The lowest BCUT2D eigenvalue weighted by Gasteiger charge is -2.36. The van der Waals surface area contributed by atoms with Crippen LogP contribution in [-0.4, -0.2) is 23.9 Å². The van der Waals surface area contributed by atoms with Crippen molar-refractivity contribution in [3.63, 3.8) is 0 Å². The maximum atomic E-state index is 10.2. The van der Waals surface area contributed by atoms with Crippen LogP contribution in [0.3, 0.4) is 0 Å². The zero-order chi connectivity index (χ0) is 15.5. The van der Waals surface area contributed by atoms with Crippen molar-refractivity contribution in [3.8, 4) is 0 Å². The van der Waals surface area contributed by atoms with Gasteiger partial charge in [-0.3, -0.25) is 0 Å². The summed E-state index contributed by atoms with van der Waals surface area (Å²) in [5.41, 5.74) is 2.77. The van der Waals surface area contributed by atoms with Crippen LogP contribution in [0.4, 0.5) is 0 Å². The first-order valence-corrected chi connectivity index (χ1v) is 8.27. The average Bonchev–Trinajstić information content (AvgIpc) is 2.36. The van der Waals surface area contributed by atoms with E-state index in [0.29, 0.717) is 12.0 Å². The Kier molecular flexibility index (Phi) is 5.45. The molecule has 0 aromatic heterocycles. The average molecular weight is 290 g/mol. The van der Waals surface area contributed by atoms with Crippen LogP contribution in [0.5, 0.6) is 0 Å². The fourth-order valence-corrected chi connectivity index (χ4v) is 3.12. The van der Waals surface area contributed by atoms with E-state index in [-0.39, 0.29) is 11.5 Å². The summed E-state index contributed by atoms with van der Waals surface area (Å²) in [4.78, 5) is 0. The Morgan fingerprint density at radius 2 is 1.81 bits per heavy atom. The third kappa shape index (κ3) is 4.82. The van der Waals surface area contributed by atoms with Gasteiger partial charge in [0.2, 0.25) is 0 Å². The molecule has 1 atom stereocenters. The Bertz CT molecular complexity index is 424. The summed E-state index contributed by atoms with van der Waals surface area (Å²) in [5, 5.41) is 10.2. The van der Waals surface area contributed by atoms with Gasteiger partial charge in [-0.2, -0.15) is 0 Å². The molecule has 0 heterocycles. The molecule has 1 fully saturated rings. The maximum Gasteiger partial charge on any atom is 0.0583 e. The molecule has 0 amide bonds. The predicted octanol–water partition coefficient (Wildman–Crippen LogP) is 4.09. The van der Waals surface area contributed by atoms with Gasteiger partial charge in [-0.25, -0.2) is 0 Å². The molecule has 0 saturated heterocycles. The third-order valence-electron chi connectivity index (χ3n) is 4.49. The topological polar surface area (TPSA) is 29.5 Å². The molecular formula is C19H30O2. The fourth-order valence-electron chi connectivity index (χ4n) is 3.12. The van der Waals surface area contributed by atoms with Crippen LogP contribution < -0.4 is 0 Å². The van der Waals surface area contributed by atoms with Gasteiger partial charge in [-0.1, -0.05) is 45.0 Å². The summed E-state index contributed by atoms with van der Waals surface area (Å²) < 4.78 is 5.57. The zero-order valence-electron chi connectivity index (χ0n) is 13.9. The molecule has 2 rings (SSSR count). The molecule has 1 aliphatic rings. The summed E-state index contributed by atoms with van der Waals surface area (Å²) in [6.07, 6.45) is 4.13. The summed E-state index contributed by atoms with van der Waals surface area (Å²) in [7, 11) is 0. The van der Waals surface area contributed by atoms with Gasteiger partial charge < -0.3 is 9.84 Å². The van der Waals surface area contributed by atoms with Gasteiger partial charge in [0.15, 0.2) is 0 Å². The normalized spacial score (nSPS) is 23.7. The third-order valence-corrected chi connectivity index (χ3v) is 4.49.